The first-order chi connectivity index (χ1) is 8.77. The second-order valence-corrected chi connectivity index (χ2v) is 1.73. The quantitative estimate of drug-likeness (QED) is 0.610. The number of hydrogen-bond acceptors (Lipinski definition) is 1. The first-order valence-electron chi connectivity index (χ1n) is 6.87. The Bertz CT molecular complexity index is 649. The van der Waals surface area contributed by atoms with E-state index in [0.717, 1.165) is 0 Å². The van der Waals surface area contributed by atoms with Crippen LogP contribution in [0, 0.1) is 0 Å². The maximum absolute atomic E-state index is 7.71. The van der Waals surface area contributed by atoms with Gasteiger partial charge in [0.15, 0.2) is 0 Å². The summed E-state index contributed by atoms with van der Waals surface area (Å²) in [4.78, 5) is 0. The molecule has 2 nitrogen and oxygen atoms in total. The highest BCUT2D eigenvalue weighted by Gasteiger charge is 1.90. The lowest BCUT2D eigenvalue weighted by Gasteiger charge is -1.97. The second kappa shape index (κ2) is 2.58. The van der Waals surface area contributed by atoms with Crippen molar-refractivity contribution in [1.82, 2.24) is 9.78 Å². The highest BCUT2D eigenvalue weighted by Crippen LogP contribution is 2.03. The molecule has 0 fully saturated rings. The minimum atomic E-state index is -0.552. The van der Waals surface area contributed by atoms with Crippen LogP contribution in [-0.2, 0) is 0 Å². The Labute approximate surface area is 76.3 Å². The van der Waals surface area contributed by atoms with Gasteiger partial charge in [0.1, 0.15) is 0 Å². The summed E-state index contributed by atoms with van der Waals surface area (Å²) in [6.07, 6.45) is -0.986. The van der Waals surface area contributed by atoms with Crippen molar-refractivity contribution in [1.29, 1.82) is 0 Å². The molecule has 11 heavy (non-hydrogen) atoms. The topological polar surface area (TPSA) is 17.8 Å². The highest BCUT2D eigenvalue weighted by atomic mass is 15.3. The van der Waals surface area contributed by atoms with Crippen molar-refractivity contribution in [3.05, 3.63) is 48.6 Å². The van der Waals surface area contributed by atoms with E-state index in [0.29, 0.717) is 4.68 Å². The van der Waals surface area contributed by atoms with E-state index in [1.165, 1.54) is 0 Å². The Hall–Kier alpha value is -1.57. The molecule has 0 aliphatic carbocycles. The second-order valence-electron chi connectivity index (χ2n) is 1.73. The van der Waals surface area contributed by atoms with Gasteiger partial charge >= 0.3 is 0 Å². The van der Waals surface area contributed by atoms with Gasteiger partial charge in [0, 0.05) is 12.3 Å². The Morgan fingerprint density at radius 3 is 2.64 bits per heavy atom. The van der Waals surface area contributed by atoms with Crippen LogP contribution in [0.1, 0.15) is 11.0 Å². The van der Waals surface area contributed by atoms with Gasteiger partial charge in [-0.25, -0.2) is 4.68 Å². The van der Waals surface area contributed by atoms with Gasteiger partial charge in [0.25, 0.3) is 0 Å². The molecule has 0 N–H and O–H groups in total. The summed E-state index contributed by atoms with van der Waals surface area (Å²) in [5, 5.41) is 3.55. The SMILES string of the molecule is [2H]c1nn(-c2c([2H])c([2H])c([2H])c([2H])c2[2H])c([2H])c1[2H]. The molecule has 1 heterocycles. The van der Waals surface area contributed by atoms with Crippen LogP contribution in [0.25, 0.3) is 5.69 Å². The predicted octanol–water partition coefficient (Wildman–Crippen LogP) is 1.87. The van der Waals surface area contributed by atoms with Gasteiger partial charge < -0.3 is 0 Å². The summed E-state index contributed by atoms with van der Waals surface area (Å²) >= 11 is 0. The number of aromatic nitrogens is 2. The fraction of sp³-hybridized carbons (Fsp3) is 0. The van der Waals surface area contributed by atoms with E-state index in [1.807, 2.05) is 0 Å². The third-order valence-corrected chi connectivity index (χ3v) is 1.07. The van der Waals surface area contributed by atoms with E-state index in [4.69, 9.17) is 11.0 Å². The monoisotopic (exact) mass is 152 g/mol. The lowest BCUT2D eigenvalue weighted by molar-refractivity contribution is 0.880. The van der Waals surface area contributed by atoms with Crippen LogP contribution in [0.4, 0.5) is 0 Å². The molecule has 0 unspecified atom stereocenters. The third kappa shape index (κ3) is 1.15. The van der Waals surface area contributed by atoms with E-state index >= 15 is 0 Å². The van der Waals surface area contributed by atoms with Crippen molar-refractivity contribution in [3.8, 4) is 5.69 Å². The molecular formula is C9H8N2. The molecule has 2 aromatic rings. The Morgan fingerprint density at radius 2 is 2.00 bits per heavy atom. The molecule has 0 aliphatic heterocycles. The molecule has 0 saturated heterocycles. The van der Waals surface area contributed by atoms with Gasteiger partial charge in [0.2, 0.25) is 0 Å². The predicted molar refractivity (Wildman–Crippen MR) is 43.6 cm³/mol. The third-order valence-electron chi connectivity index (χ3n) is 1.07. The van der Waals surface area contributed by atoms with Gasteiger partial charge in [-0.3, -0.25) is 0 Å². The largest absolute Gasteiger partial charge is 0.241 e. The zero-order valence-electron chi connectivity index (χ0n) is 13.4. The van der Waals surface area contributed by atoms with Crippen LogP contribution in [0.15, 0.2) is 48.6 Å². The number of rotatable bonds is 1. The van der Waals surface area contributed by atoms with Crippen LogP contribution < -0.4 is 0 Å². The van der Waals surface area contributed by atoms with E-state index < -0.39 is 48.6 Å². The average molecular weight is 152 g/mol. The van der Waals surface area contributed by atoms with Crippen LogP contribution in [0.5, 0.6) is 0 Å². The van der Waals surface area contributed by atoms with Crippen LogP contribution >= 0.6 is 0 Å². The standard InChI is InChI=1S/C9H8N2/c1-2-5-9(6-3-1)11-8-4-7-10-11/h1-8H/i1D,2D,3D,4D,5D,6D,7D,8D. The molecular weight excluding hydrogens is 136 g/mol. The molecule has 2 heteroatoms. The van der Waals surface area contributed by atoms with Gasteiger partial charge in [-0.15, -0.1) is 0 Å². The summed E-state index contributed by atoms with van der Waals surface area (Å²) < 4.78 is 60.9. The molecule has 0 spiro atoms. The molecule has 1 aromatic carbocycles. The Morgan fingerprint density at radius 1 is 1.18 bits per heavy atom. The van der Waals surface area contributed by atoms with Crippen LogP contribution in [-0.4, -0.2) is 9.78 Å². The van der Waals surface area contributed by atoms with Gasteiger partial charge in [-0.05, 0) is 18.1 Å². The maximum atomic E-state index is 7.71. The summed E-state index contributed by atoms with van der Waals surface area (Å²) in [6, 6.07) is -3.17. The van der Waals surface area contributed by atoms with E-state index in [1.54, 1.807) is 0 Å². The van der Waals surface area contributed by atoms with Crippen molar-refractivity contribution < 1.29 is 11.0 Å². The first kappa shape index (κ1) is 1.97. The molecule has 54 valence electrons. The zero-order chi connectivity index (χ0) is 14.5. The number of hydrogen-bond donors (Lipinski definition) is 0. The fourth-order valence-corrected chi connectivity index (χ4v) is 0.633. The maximum Gasteiger partial charge on any atom is 0.0860 e. The summed E-state index contributed by atoms with van der Waals surface area (Å²) in [6.45, 7) is 0. The van der Waals surface area contributed by atoms with Crippen molar-refractivity contribution in [2.24, 2.45) is 0 Å². The summed E-state index contributed by atoms with van der Waals surface area (Å²) in [7, 11) is 0. The molecule has 0 radical (unpaired) electrons. The summed E-state index contributed by atoms with van der Waals surface area (Å²) in [5.41, 5.74) is -0.331. The first-order valence-corrected chi connectivity index (χ1v) is 2.87. The minimum Gasteiger partial charge on any atom is -0.241 e. The Kier molecular flexibility index (Phi) is 0.463. The van der Waals surface area contributed by atoms with E-state index in [-0.39, 0.29) is 5.69 Å². The van der Waals surface area contributed by atoms with Crippen molar-refractivity contribution >= 4 is 0 Å². The lowest BCUT2D eigenvalue weighted by atomic mass is 10.3. The normalized spacial score (nSPS) is 20.0. The number of nitrogens with zero attached hydrogens (tertiary/aromatic N) is 2. The Balaban J connectivity index is 2.87. The van der Waals surface area contributed by atoms with Crippen molar-refractivity contribution in [2.75, 3.05) is 0 Å². The number of benzene rings is 1. The highest BCUT2D eigenvalue weighted by molar-refractivity contribution is 5.29. The molecule has 0 aliphatic rings. The molecule has 1 aromatic heterocycles. The summed E-state index contributed by atoms with van der Waals surface area (Å²) in [5.74, 6) is 0. The van der Waals surface area contributed by atoms with Gasteiger partial charge in [-0.1, -0.05) is 18.1 Å². The molecule has 0 amide bonds. The minimum absolute atomic E-state index is 0.331. The average Bonchev–Trinajstić information content (AvgIpc) is 2.62. The molecule has 0 bridgehead atoms. The van der Waals surface area contributed by atoms with Crippen molar-refractivity contribution in [2.45, 2.75) is 0 Å². The molecule has 2 rings (SSSR count). The van der Waals surface area contributed by atoms with E-state index in [2.05, 4.69) is 5.10 Å². The van der Waals surface area contributed by atoms with E-state index in [9.17, 15) is 0 Å². The fourth-order valence-electron chi connectivity index (χ4n) is 0.633. The molecule has 0 saturated carbocycles. The van der Waals surface area contributed by atoms with Crippen LogP contribution in [0.3, 0.4) is 0 Å². The molecule has 0 atom stereocenters. The lowest BCUT2D eigenvalue weighted by Crippen LogP contribution is -1.91. The van der Waals surface area contributed by atoms with Crippen molar-refractivity contribution in [3.63, 3.8) is 0 Å². The van der Waals surface area contributed by atoms with Gasteiger partial charge in [-0.2, -0.15) is 5.10 Å². The van der Waals surface area contributed by atoms with Crippen LogP contribution in [0.2, 0.25) is 0 Å². The number of para-hydroxylation sites is 1. The zero-order valence-corrected chi connectivity index (χ0v) is 5.39. The smallest absolute Gasteiger partial charge is 0.0860 e. The van der Waals surface area contributed by atoms with Gasteiger partial charge in [0.05, 0.1) is 16.7 Å².